The van der Waals surface area contributed by atoms with Gasteiger partial charge in [-0.25, -0.2) is 0 Å². The first-order valence-corrected chi connectivity index (χ1v) is 4.87. The normalized spacial score (nSPS) is 13.5. The molecule has 0 unspecified atom stereocenters. The van der Waals surface area contributed by atoms with Crippen LogP contribution in [0.15, 0.2) is 18.2 Å². The summed E-state index contributed by atoms with van der Waals surface area (Å²) in [6.07, 6.45) is -4.28. The van der Waals surface area contributed by atoms with Crippen molar-refractivity contribution in [3.05, 3.63) is 39.4 Å². The third-order valence-corrected chi connectivity index (χ3v) is 2.41. The van der Waals surface area contributed by atoms with Gasteiger partial charge in [-0.3, -0.25) is 10.1 Å². The second kappa shape index (κ2) is 4.70. The summed E-state index contributed by atoms with van der Waals surface area (Å²) in [5.41, 5.74) is 4.80. The summed E-state index contributed by atoms with van der Waals surface area (Å²) in [7, 11) is 0. The predicted molar refractivity (Wildman–Crippen MR) is 55.5 cm³/mol. The largest absolute Gasteiger partial charge is 0.407 e. The highest BCUT2D eigenvalue weighted by atomic mass is 19.4. The van der Waals surface area contributed by atoms with Gasteiger partial charge in [-0.05, 0) is 17.5 Å². The van der Waals surface area contributed by atoms with Crippen molar-refractivity contribution < 1.29 is 18.1 Å². The molecule has 0 radical (unpaired) electrons. The molecular weight excluding hydrogens is 237 g/mol. The van der Waals surface area contributed by atoms with Crippen molar-refractivity contribution >= 4 is 5.69 Å². The average Bonchev–Trinajstić information content (AvgIpc) is 2.25. The van der Waals surface area contributed by atoms with E-state index in [2.05, 4.69) is 0 Å². The van der Waals surface area contributed by atoms with E-state index in [1.54, 1.807) is 6.92 Å². The molecule has 0 saturated heterocycles. The quantitative estimate of drug-likeness (QED) is 0.660. The minimum Gasteiger partial charge on any atom is -0.316 e. The van der Waals surface area contributed by atoms with E-state index in [1.807, 2.05) is 0 Å². The zero-order valence-corrected chi connectivity index (χ0v) is 8.99. The van der Waals surface area contributed by atoms with E-state index in [0.29, 0.717) is 12.0 Å². The van der Waals surface area contributed by atoms with E-state index in [1.165, 1.54) is 12.1 Å². The lowest BCUT2D eigenvalue weighted by atomic mass is 9.98. The first-order valence-electron chi connectivity index (χ1n) is 4.87. The molecule has 1 aromatic rings. The Hall–Kier alpha value is -1.63. The highest BCUT2D eigenvalue weighted by molar-refractivity contribution is 5.42. The molecule has 0 amide bonds. The maximum Gasteiger partial charge on any atom is 0.407 e. The molecule has 4 nitrogen and oxygen atoms in total. The predicted octanol–water partition coefficient (Wildman–Crippen LogP) is 2.72. The molecule has 94 valence electrons. The Balaban J connectivity index is 3.28. The molecule has 7 heteroatoms. The number of aryl methyl sites for hydroxylation is 1. The molecule has 0 heterocycles. The van der Waals surface area contributed by atoms with Gasteiger partial charge >= 0.3 is 6.18 Å². The van der Waals surface area contributed by atoms with Crippen molar-refractivity contribution in [2.24, 2.45) is 5.73 Å². The van der Waals surface area contributed by atoms with Crippen molar-refractivity contribution in [3.63, 3.8) is 0 Å². The Labute approximate surface area is 95.4 Å². The number of rotatable bonds is 3. The molecule has 2 N–H and O–H groups in total. The number of nitro benzene ring substituents is 1. The van der Waals surface area contributed by atoms with Crippen molar-refractivity contribution in [2.45, 2.75) is 25.6 Å². The lowest BCUT2D eigenvalue weighted by molar-refractivity contribution is -0.385. The molecule has 0 aliphatic carbocycles. The van der Waals surface area contributed by atoms with Gasteiger partial charge in [0.15, 0.2) is 0 Å². The lowest BCUT2D eigenvalue weighted by Crippen LogP contribution is -2.29. The van der Waals surface area contributed by atoms with Crippen LogP contribution in [-0.2, 0) is 6.42 Å². The van der Waals surface area contributed by atoms with E-state index < -0.39 is 22.8 Å². The third-order valence-electron chi connectivity index (χ3n) is 2.41. The third kappa shape index (κ3) is 2.94. The molecule has 0 bridgehead atoms. The molecular formula is C10H11F3N2O2. The van der Waals surface area contributed by atoms with Crippen LogP contribution in [0.2, 0.25) is 0 Å². The average molecular weight is 248 g/mol. The van der Waals surface area contributed by atoms with Gasteiger partial charge in [0.25, 0.3) is 5.69 Å². The zero-order valence-electron chi connectivity index (χ0n) is 8.99. The number of halogens is 3. The molecule has 1 atom stereocenters. The van der Waals surface area contributed by atoms with Crippen LogP contribution in [0.4, 0.5) is 18.9 Å². The number of hydrogen-bond acceptors (Lipinski definition) is 3. The van der Waals surface area contributed by atoms with Crippen molar-refractivity contribution in [1.29, 1.82) is 0 Å². The van der Waals surface area contributed by atoms with Crippen LogP contribution in [0.25, 0.3) is 0 Å². The van der Waals surface area contributed by atoms with Crippen molar-refractivity contribution in [2.75, 3.05) is 0 Å². The fraction of sp³-hybridized carbons (Fsp3) is 0.400. The molecule has 1 rings (SSSR count). The minimum atomic E-state index is -4.61. The van der Waals surface area contributed by atoms with Gasteiger partial charge in [0.1, 0.15) is 6.04 Å². The minimum absolute atomic E-state index is 0.241. The first-order chi connectivity index (χ1) is 7.77. The van der Waals surface area contributed by atoms with E-state index in [9.17, 15) is 23.3 Å². The number of nitro groups is 1. The fourth-order valence-corrected chi connectivity index (χ4v) is 1.48. The Morgan fingerprint density at radius 2 is 2.06 bits per heavy atom. The Morgan fingerprint density at radius 3 is 2.47 bits per heavy atom. The summed E-state index contributed by atoms with van der Waals surface area (Å²) in [6.45, 7) is 1.66. The lowest BCUT2D eigenvalue weighted by Gasteiger charge is -2.18. The summed E-state index contributed by atoms with van der Waals surface area (Å²) in [5, 5.41) is 10.5. The molecule has 0 aromatic heterocycles. The topological polar surface area (TPSA) is 69.2 Å². The van der Waals surface area contributed by atoms with Crippen LogP contribution in [0.1, 0.15) is 24.1 Å². The zero-order chi connectivity index (χ0) is 13.2. The number of nitrogens with two attached hydrogens (primary N) is 1. The summed E-state index contributed by atoms with van der Waals surface area (Å²) in [6, 6.07) is 1.17. The maximum absolute atomic E-state index is 12.5. The standard InChI is InChI=1S/C10H11F3N2O2/c1-2-6-3-4-7(15(16)17)5-8(6)9(14)10(11,12)13/h3-5,9H,2,14H2,1H3/t9-/m0/s1. The van der Waals surface area contributed by atoms with Crippen molar-refractivity contribution in [1.82, 2.24) is 0 Å². The second-order valence-corrected chi connectivity index (χ2v) is 3.51. The van der Waals surface area contributed by atoms with Crippen LogP contribution in [0, 0.1) is 10.1 Å². The number of nitrogens with zero attached hydrogens (tertiary/aromatic N) is 1. The van der Waals surface area contributed by atoms with E-state index in [-0.39, 0.29) is 5.56 Å². The monoisotopic (exact) mass is 248 g/mol. The van der Waals surface area contributed by atoms with Gasteiger partial charge in [0.05, 0.1) is 4.92 Å². The van der Waals surface area contributed by atoms with E-state index in [4.69, 9.17) is 5.73 Å². The molecule has 0 spiro atoms. The van der Waals surface area contributed by atoms with E-state index >= 15 is 0 Å². The van der Waals surface area contributed by atoms with Gasteiger partial charge in [-0.15, -0.1) is 0 Å². The van der Waals surface area contributed by atoms with Crippen LogP contribution < -0.4 is 5.73 Å². The number of alkyl halides is 3. The summed E-state index contributed by atoms with van der Waals surface area (Å²) in [5.74, 6) is 0. The second-order valence-electron chi connectivity index (χ2n) is 3.51. The van der Waals surface area contributed by atoms with E-state index in [0.717, 1.165) is 6.07 Å². The van der Waals surface area contributed by atoms with Crippen LogP contribution in [0.3, 0.4) is 0 Å². The van der Waals surface area contributed by atoms with Gasteiger partial charge in [-0.2, -0.15) is 13.2 Å². The molecule has 17 heavy (non-hydrogen) atoms. The number of hydrogen-bond donors (Lipinski definition) is 1. The van der Waals surface area contributed by atoms with Gasteiger partial charge in [0, 0.05) is 12.1 Å². The molecule has 1 aromatic carbocycles. The van der Waals surface area contributed by atoms with Gasteiger partial charge in [0.2, 0.25) is 0 Å². The summed E-state index contributed by atoms with van der Waals surface area (Å²) in [4.78, 5) is 9.76. The Morgan fingerprint density at radius 1 is 1.47 bits per heavy atom. The first kappa shape index (κ1) is 13.4. The molecule has 0 fully saturated rings. The van der Waals surface area contributed by atoms with Crippen LogP contribution in [0.5, 0.6) is 0 Å². The van der Waals surface area contributed by atoms with Crippen LogP contribution in [-0.4, -0.2) is 11.1 Å². The maximum atomic E-state index is 12.5. The summed E-state index contributed by atoms with van der Waals surface area (Å²) < 4.78 is 37.5. The molecule has 0 aliphatic rings. The molecule has 0 aliphatic heterocycles. The molecule has 0 saturated carbocycles. The van der Waals surface area contributed by atoms with Gasteiger partial charge in [-0.1, -0.05) is 13.0 Å². The fourth-order valence-electron chi connectivity index (χ4n) is 1.48. The Kier molecular flexibility index (Phi) is 3.72. The number of benzene rings is 1. The van der Waals surface area contributed by atoms with Crippen LogP contribution >= 0.6 is 0 Å². The highest BCUT2D eigenvalue weighted by Crippen LogP contribution is 2.34. The highest BCUT2D eigenvalue weighted by Gasteiger charge is 2.39. The SMILES string of the molecule is CCc1ccc([N+](=O)[O-])cc1[C@H](N)C(F)(F)F. The number of non-ortho nitro benzene ring substituents is 1. The smallest absolute Gasteiger partial charge is 0.316 e. The van der Waals surface area contributed by atoms with Crippen molar-refractivity contribution in [3.8, 4) is 0 Å². The van der Waals surface area contributed by atoms with Gasteiger partial charge < -0.3 is 5.73 Å². The summed E-state index contributed by atoms with van der Waals surface area (Å²) >= 11 is 0. The Bertz CT molecular complexity index is 432.